The molecule has 2 aliphatic heterocycles. The number of morpholine rings is 1. The lowest BCUT2D eigenvalue weighted by molar-refractivity contribution is -0.156. The summed E-state index contributed by atoms with van der Waals surface area (Å²) in [5.74, 6) is -0.656. The van der Waals surface area contributed by atoms with Gasteiger partial charge in [-0.05, 0) is 40.5 Å². The average molecular weight is 604 g/mol. The number of aromatic nitrogens is 4. The molecule has 4 aromatic rings. The molecule has 3 aromatic heterocycles. The Morgan fingerprint density at radius 1 is 1.07 bits per heavy atom. The summed E-state index contributed by atoms with van der Waals surface area (Å²) in [5, 5.41) is 3.61. The predicted molar refractivity (Wildman–Crippen MR) is 164 cm³/mol. The van der Waals surface area contributed by atoms with Crippen molar-refractivity contribution >= 4 is 39.9 Å². The van der Waals surface area contributed by atoms with Gasteiger partial charge in [-0.3, -0.25) is 0 Å². The van der Waals surface area contributed by atoms with Gasteiger partial charge in [0.1, 0.15) is 41.2 Å². The maximum atomic E-state index is 15.6. The molecule has 1 atom stereocenters. The molecule has 0 aliphatic carbocycles. The molecule has 1 N–H and O–H groups in total. The lowest BCUT2D eigenvalue weighted by Crippen LogP contribution is -2.41. The van der Waals surface area contributed by atoms with Gasteiger partial charge in [-0.25, -0.2) is 33.5 Å². The summed E-state index contributed by atoms with van der Waals surface area (Å²) in [5.41, 5.74) is 2.53. The molecule has 2 fully saturated rings. The molecule has 0 saturated carbocycles. The third-order valence-electron chi connectivity index (χ3n) is 7.78. The van der Waals surface area contributed by atoms with E-state index >= 15 is 4.39 Å². The largest absolute Gasteiger partial charge is 0.458 e. The SMILES string of the molecule is Cc1c(N2CCC[C@H]2C(=O)OC(C)(C)C)nc2cc(F)cc(F)c2c1Nc1cc(N2CCOCC2)ncc1-c1cncnc1. The zero-order chi connectivity index (χ0) is 31.0. The van der Waals surface area contributed by atoms with Gasteiger partial charge in [-0.15, -0.1) is 0 Å². The Kier molecular flexibility index (Phi) is 8.02. The fourth-order valence-electron chi connectivity index (χ4n) is 5.78. The highest BCUT2D eigenvalue weighted by Crippen LogP contribution is 2.41. The Morgan fingerprint density at radius 3 is 2.55 bits per heavy atom. The first-order valence-electron chi connectivity index (χ1n) is 14.7. The van der Waals surface area contributed by atoms with Crippen molar-refractivity contribution in [2.24, 2.45) is 0 Å². The highest BCUT2D eigenvalue weighted by molar-refractivity contribution is 5.99. The lowest BCUT2D eigenvalue weighted by Gasteiger charge is -2.30. The monoisotopic (exact) mass is 603 g/mol. The van der Waals surface area contributed by atoms with Gasteiger partial charge in [-0.1, -0.05) is 0 Å². The first kappa shape index (κ1) is 29.6. The van der Waals surface area contributed by atoms with Crippen molar-refractivity contribution in [1.29, 1.82) is 0 Å². The third-order valence-corrected chi connectivity index (χ3v) is 7.78. The summed E-state index contributed by atoms with van der Waals surface area (Å²) >= 11 is 0. The molecule has 2 aliphatic rings. The number of benzene rings is 1. The van der Waals surface area contributed by atoms with Crippen LogP contribution in [-0.2, 0) is 14.3 Å². The third kappa shape index (κ3) is 5.99. The van der Waals surface area contributed by atoms with Crippen LogP contribution in [0.5, 0.6) is 0 Å². The maximum absolute atomic E-state index is 15.6. The van der Waals surface area contributed by atoms with Crippen molar-refractivity contribution in [2.45, 2.75) is 52.2 Å². The van der Waals surface area contributed by atoms with Gasteiger partial charge in [0.2, 0.25) is 0 Å². The van der Waals surface area contributed by atoms with E-state index in [-0.39, 0.29) is 16.9 Å². The topological polar surface area (TPSA) is 106 Å². The number of ether oxygens (including phenoxy) is 2. The Balaban J connectivity index is 1.50. The predicted octanol–water partition coefficient (Wildman–Crippen LogP) is 5.56. The second-order valence-corrected chi connectivity index (χ2v) is 12.0. The first-order chi connectivity index (χ1) is 21.1. The summed E-state index contributed by atoms with van der Waals surface area (Å²) in [6.07, 6.45) is 7.87. The zero-order valence-electron chi connectivity index (χ0n) is 25.2. The lowest BCUT2D eigenvalue weighted by atomic mass is 10.0. The normalized spacial score (nSPS) is 17.3. The quantitative estimate of drug-likeness (QED) is 0.282. The number of pyridine rings is 2. The van der Waals surface area contributed by atoms with Crippen LogP contribution in [0.2, 0.25) is 0 Å². The van der Waals surface area contributed by atoms with Gasteiger partial charge in [0.05, 0.1) is 35.5 Å². The first-order valence-corrected chi connectivity index (χ1v) is 14.7. The number of halogens is 2. The van der Waals surface area contributed by atoms with Gasteiger partial charge in [0.15, 0.2) is 0 Å². The van der Waals surface area contributed by atoms with Crippen LogP contribution in [0.3, 0.4) is 0 Å². The molecule has 0 unspecified atom stereocenters. The van der Waals surface area contributed by atoms with E-state index in [0.717, 1.165) is 18.3 Å². The Morgan fingerprint density at radius 2 is 1.82 bits per heavy atom. The van der Waals surface area contributed by atoms with Crippen molar-refractivity contribution in [2.75, 3.05) is 48.0 Å². The van der Waals surface area contributed by atoms with Crippen molar-refractivity contribution in [3.05, 3.63) is 60.3 Å². The number of hydrogen-bond donors (Lipinski definition) is 1. The van der Waals surface area contributed by atoms with Crippen LogP contribution in [0.4, 0.5) is 31.8 Å². The Hall–Kier alpha value is -4.45. The fourth-order valence-corrected chi connectivity index (χ4v) is 5.78. The Bertz CT molecular complexity index is 1690. The van der Waals surface area contributed by atoms with Crippen molar-refractivity contribution in [1.82, 2.24) is 19.9 Å². The number of hydrogen-bond acceptors (Lipinski definition) is 10. The van der Waals surface area contributed by atoms with Crippen LogP contribution in [0.1, 0.15) is 39.2 Å². The minimum atomic E-state index is -0.748. The number of esters is 1. The highest BCUT2D eigenvalue weighted by Gasteiger charge is 2.36. The van der Waals surface area contributed by atoms with Crippen LogP contribution in [0, 0.1) is 18.6 Å². The number of anilines is 4. The number of carbonyl (C=O) groups is 1. The van der Waals surface area contributed by atoms with E-state index in [1.54, 1.807) is 18.6 Å². The molecular weight excluding hydrogens is 568 g/mol. The van der Waals surface area contributed by atoms with Gasteiger partial charge < -0.3 is 24.6 Å². The number of nitrogens with one attached hydrogen (secondary N) is 1. The second kappa shape index (κ2) is 11.9. The standard InChI is InChI=1S/C32H35F2N7O3/c1-19-29(38-24-14-27(40-8-10-43-11-9-40)37-17-22(24)20-15-35-18-36-16-20)28-23(34)12-21(33)13-25(28)39-30(19)41-7-5-6-26(41)31(42)44-32(2,3)4/h12-18,26H,5-11H2,1-4H3,(H,37,38,39)/t26-/m0/s1. The van der Waals surface area contributed by atoms with Crippen LogP contribution >= 0.6 is 0 Å². The minimum absolute atomic E-state index is 0.132. The Labute approximate surface area is 254 Å². The number of fused-ring (bicyclic) bond motifs is 1. The molecule has 230 valence electrons. The van der Waals surface area contributed by atoms with Crippen LogP contribution in [0.25, 0.3) is 22.0 Å². The fraction of sp³-hybridized carbons (Fsp3) is 0.406. The van der Waals surface area contributed by atoms with Crippen LogP contribution in [0.15, 0.2) is 43.1 Å². The number of nitrogens with zero attached hydrogens (tertiary/aromatic N) is 6. The number of carbonyl (C=O) groups excluding carboxylic acids is 1. The summed E-state index contributed by atoms with van der Waals surface area (Å²) in [7, 11) is 0. The molecule has 0 spiro atoms. The van der Waals surface area contributed by atoms with E-state index in [0.29, 0.717) is 73.2 Å². The molecule has 1 aromatic carbocycles. The van der Waals surface area contributed by atoms with Gasteiger partial charge >= 0.3 is 5.97 Å². The summed E-state index contributed by atoms with van der Waals surface area (Å²) in [6.45, 7) is 10.4. The zero-order valence-corrected chi connectivity index (χ0v) is 25.2. The molecule has 5 heterocycles. The molecule has 0 bridgehead atoms. The molecule has 44 heavy (non-hydrogen) atoms. The van der Waals surface area contributed by atoms with Gasteiger partial charge in [-0.2, -0.15) is 0 Å². The molecule has 2 saturated heterocycles. The highest BCUT2D eigenvalue weighted by atomic mass is 19.1. The second-order valence-electron chi connectivity index (χ2n) is 12.0. The average Bonchev–Trinajstić information content (AvgIpc) is 3.48. The van der Waals surface area contributed by atoms with E-state index < -0.39 is 23.3 Å². The van der Waals surface area contributed by atoms with E-state index in [9.17, 15) is 9.18 Å². The maximum Gasteiger partial charge on any atom is 0.329 e. The van der Waals surface area contributed by atoms with Crippen LogP contribution in [-0.4, -0.2) is 70.4 Å². The van der Waals surface area contributed by atoms with E-state index in [1.807, 2.05) is 38.7 Å². The summed E-state index contributed by atoms with van der Waals surface area (Å²) < 4.78 is 41.4. The van der Waals surface area contributed by atoms with Crippen molar-refractivity contribution < 1.29 is 23.0 Å². The molecule has 0 amide bonds. The molecular formula is C32H35F2N7O3. The van der Waals surface area contributed by atoms with E-state index in [1.165, 1.54) is 12.4 Å². The number of rotatable bonds is 6. The minimum Gasteiger partial charge on any atom is -0.458 e. The molecule has 12 heteroatoms. The van der Waals surface area contributed by atoms with Crippen molar-refractivity contribution in [3.8, 4) is 11.1 Å². The van der Waals surface area contributed by atoms with E-state index in [2.05, 4.69) is 20.2 Å². The molecule has 0 radical (unpaired) electrons. The van der Waals surface area contributed by atoms with E-state index in [4.69, 9.17) is 19.4 Å². The molecule has 6 rings (SSSR count). The van der Waals surface area contributed by atoms with Gasteiger partial charge in [0.25, 0.3) is 0 Å². The summed E-state index contributed by atoms with van der Waals surface area (Å²) in [4.78, 5) is 35.0. The molecule has 10 nitrogen and oxygen atoms in total. The van der Waals surface area contributed by atoms with Gasteiger partial charge in [0, 0.05) is 73.1 Å². The van der Waals surface area contributed by atoms with Crippen LogP contribution < -0.4 is 15.1 Å². The smallest absolute Gasteiger partial charge is 0.329 e. The summed E-state index contributed by atoms with van der Waals surface area (Å²) in [6, 6.07) is 3.39. The van der Waals surface area contributed by atoms with Crippen molar-refractivity contribution in [3.63, 3.8) is 0 Å².